The van der Waals surface area contributed by atoms with Crippen molar-refractivity contribution in [1.29, 1.82) is 5.26 Å². The van der Waals surface area contributed by atoms with Crippen molar-refractivity contribution in [1.82, 2.24) is 9.80 Å². The number of esters is 4. The van der Waals surface area contributed by atoms with Crippen molar-refractivity contribution >= 4 is 69.1 Å². The molecule has 0 aliphatic carbocycles. The molecule has 0 spiro atoms. The Morgan fingerprint density at radius 1 is 0.725 bits per heavy atom. The second kappa shape index (κ2) is 30.4. The van der Waals surface area contributed by atoms with Gasteiger partial charge in [0.2, 0.25) is 0 Å². The molecule has 19 nitrogen and oxygen atoms in total. The van der Waals surface area contributed by atoms with Gasteiger partial charge in [-0.25, -0.2) is 0 Å². The van der Waals surface area contributed by atoms with Gasteiger partial charge in [0.1, 0.15) is 52.5 Å². The maximum Gasteiger partial charge on any atom is 0.322 e. The summed E-state index contributed by atoms with van der Waals surface area (Å²) in [7, 11) is 3.57. The summed E-state index contributed by atoms with van der Waals surface area (Å²) >= 11 is 8.13. The Bertz CT molecular complexity index is 1700. The summed E-state index contributed by atoms with van der Waals surface area (Å²) in [4.78, 5) is 74.3. The number of carbonyl (C=O) groups excluding carboxylic acids is 4. The Balaban J connectivity index is 4.05. The Morgan fingerprint density at radius 3 is 1.74 bits per heavy atom. The predicted molar refractivity (Wildman–Crippen MR) is 265 cm³/mol. The van der Waals surface area contributed by atoms with Crippen LogP contribution in [0.3, 0.4) is 0 Å². The maximum atomic E-state index is 14.9. The van der Waals surface area contributed by atoms with E-state index < -0.39 is 120 Å². The highest BCUT2D eigenvalue weighted by Crippen LogP contribution is 2.53. The summed E-state index contributed by atoms with van der Waals surface area (Å²) in [5.74, 6) is -3.67. The van der Waals surface area contributed by atoms with Crippen LogP contribution in [-0.4, -0.2) is 190 Å². The van der Waals surface area contributed by atoms with E-state index in [1.807, 2.05) is 27.7 Å². The SMILES string of the molecule is CCCCOC(=O)C(C)(CC(C)(CC(C)(CC(C)(CC(C)(C#N)CCC(=O)O)C(=O)OCCOC1OC(CO)C(O)C(O)C1O)C(=O)OCCN(C)C)C(=O)OCCN(CC)CC)SC(=S)SCC. The van der Waals surface area contributed by atoms with Crippen LogP contribution in [-0.2, 0) is 52.4 Å². The molecule has 1 aliphatic heterocycles. The van der Waals surface area contributed by atoms with Crippen LogP contribution >= 0.6 is 35.7 Å². The molecule has 1 saturated heterocycles. The van der Waals surface area contributed by atoms with Crippen molar-refractivity contribution in [3.63, 3.8) is 0 Å². The summed E-state index contributed by atoms with van der Waals surface area (Å²) in [6.07, 6.45) is -8.51. The fraction of sp³-hybridized carbons (Fsp3) is 0.851. The van der Waals surface area contributed by atoms with Crippen molar-refractivity contribution in [3.05, 3.63) is 0 Å². The van der Waals surface area contributed by atoms with Crippen molar-refractivity contribution in [2.45, 2.75) is 149 Å². The van der Waals surface area contributed by atoms with Crippen LogP contribution in [0.5, 0.6) is 0 Å². The number of thioether (sulfide) groups is 2. The third-order valence-corrected chi connectivity index (χ3v) is 14.9. The van der Waals surface area contributed by atoms with Crippen molar-refractivity contribution in [3.8, 4) is 6.07 Å². The van der Waals surface area contributed by atoms with E-state index >= 15 is 0 Å². The van der Waals surface area contributed by atoms with Crippen LogP contribution < -0.4 is 0 Å². The van der Waals surface area contributed by atoms with E-state index in [-0.39, 0.29) is 45.5 Å². The van der Waals surface area contributed by atoms with E-state index in [2.05, 4.69) is 11.0 Å². The van der Waals surface area contributed by atoms with Gasteiger partial charge in [-0.15, -0.1) is 11.8 Å². The molecule has 5 N–H and O–H groups in total. The Labute approximate surface area is 422 Å². The van der Waals surface area contributed by atoms with E-state index in [1.165, 1.54) is 32.5 Å². The average Bonchev–Trinajstić information content (AvgIpc) is 3.27. The number of ether oxygens (including phenoxy) is 6. The van der Waals surface area contributed by atoms with E-state index in [0.717, 1.165) is 18.2 Å². The minimum atomic E-state index is -1.80. The monoisotopic (exact) mass is 1040 g/mol. The highest BCUT2D eigenvalue weighted by atomic mass is 32.2. The summed E-state index contributed by atoms with van der Waals surface area (Å²) in [5, 5.41) is 60.7. The number of aliphatic hydroxyl groups is 4. The number of unbranched alkanes of at least 4 members (excludes halogenated alkanes) is 1. The Kier molecular flexibility index (Phi) is 28.3. The van der Waals surface area contributed by atoms with Crippen molar-refractivity contribution in [2.24, 2.45) is 21.7 Å². The lowest BCUT2D eigenvalue weighted by Crippen LogP contribution is -2.59. The van der Waals surface area contributed by atoms with Gasteiger partial charge >= 0.3 is 29.8 Å². The zero-order valence-corrected chi connectivity index (χ0v) is 45.1. The molecule has 0 bridgehead atoms. The first-order valence-electron chi connectivity index (χ1n) is 23.6. The number of nitriles is 1. The highest BCUT2D eigenvalue weighted by Gasteiger charge is 2.56. The molecule has 22 heteroatoms. The molecule has 0 aromatic heterocycles. The highest BCUT2D eigenvalue weighted by molar-refractivity contribution is 8.47. The van der Waals surface area contributed by atoms with Crippen LogP contribution in [0, 0.1) is 33.0 Å². The second-order valence-electron chi connectivity index (χ2n) is 19.3. The van der Waals surface area contributed by atoms with E-state index in [9.17, 15) is 54.8 Å². The fourth-order valence-corrected chi connectivity index (χ4v) is 11.8. The van der Waals surface area contributed by atoms with Crippen molar-refractivity contribution in [2.75, 3.05) is 85.7 Å². The molecule has 69 heavy (non-hydrogen) atoms. The van der Waals surface area contributed by atoms with Gasteiger partial charge in [0.25, 0.3) is 0 Å². The van der Waals surface area contributed by atoms with E-state index in [4.69, 9.17) is 40.6 Å². The lowest BCUT2D eigenvalue weighted by atomic mass is 9.60. The molecule has 10 unspecified atom stereocenters. The third-order valence-electron chi connectivity index (χ3n) is 12.2. The molecule has 0 aromatic carbocycles. The van der Waals surface area contributed by atoms with Gasteiger partial charge in [-0.1, -0.05) is 58.1 Å². The van der Waals surface area contributed by atoms with E-state index in [1.54, 1.807) is 32.8 Å². The molecule has 10 atom stereocenters. The van der Waals surface area contributed by atoms with Crippen LogP contribution in [0.25, 0.3) is 0 Å². The number of likely N-dealkylation sites (N-methyl/N-ethyl adjacent to an activating group) is 2. The van der Waals surface area contributed by atoms with Crippen LogP contribution in [0.2, 0.25) is 0 Å². The molecule has 1 aliphatic rings. The average molecular weight is 1040 g/mol. The van der Waals surface area contributed by atoms with Gasteiger partial charge in [-0.05, 0) is 106 Å². The summed E-state index contributed by atoms with van der Waals surface area (Å²) in [6, 6.07) is 2.17. The molecule has 398 valence electrons. The largest absolute Gasteiger partial charge is 0.481 e. The van der Waals surface area contributed by atoms with Gasteiger partial charge in [-0.3, -0.25) is 24.0 Å². The Morgan fingerprint density at radius 2 is 1.25 bits per heavy atom. The minimum absolute atomic E-state index is 0.0195. The summed E-state index contributed by atoms with van der Waals surface area (Å²) < 4.78 is 33.4. The summed E-state index contributed by atoms with van der Waals surface area (Å²) in [5.41, 5.74) is -6.77. The summed E-state index contributed by atoms with van der Waals surface area (Å²) in [6.45, 7) is 16.0. The number of carboxylic acid groups (broad SMARTS) is 1. The van der Waals surface area contributed by atoms with Crippen LogP contribution in [0.4, 0.5) is 0 Å². The predicted octanol–water partition coefficient (Wildman–Crippen LogP) is 4.18. The fourth-order valence-electron chi connectivity index (χ4n) is 8.61. The normalized spacial score (nSPS) is 22.7. The van der Waals surface area contributed by atoms with Gasteiger partial charge in [-0.2, -0.15) is 5.26 Å². The van der Waals surface area contributed by atoms with Crippen LogP contribution in [0.15, 0.2) is 0 Å². The maximum absolute atomic E-state index is 14.9. The first kappa shape index (κ1) is 64.3. The Hall–Kier alpha value is -2.69. The number of carboxylic acids is 1. The molecular formula is C47H81N3O16S3. The third kappa shape index (κ3) is 20.8. The van der Waals surface area contributed by atoms with Gasteiger partial charge in [0.05, 0.1) is 47.5 Å². The standard InChI is InChI=1S/C47H81N3O16S3/c1-12-16-21-62-41(60)47(9,69-42(67)68-15-4)30-46(8,40(59)64-23-20-50(13-2)14-3)29-45(7,39(58)63-22-19-49(10)11)28-44(6,27-43(5,31-48)18-17-33(52)53)38(57)65-25-24-61-37-36(56)35(55)34(54)32(26-51)66-37/h32,34-37,51,54-56H,12-30H2,1-11H3,(H,52,53). The molecular weight excluding hydrogens is 959 g/mol. The number of rotatable bonds is 33. The first-order valence-corrected chi connectivity index (χ1v) is 25.9. The number of hydrogen-bond donors (Lipinski definition) is 5. The number of aliphatic carboxylic acids is 1. The number of hydrogen-bond acceptors (Lipinski definition) is 21. The molecule has 1 fully saturated rings. The number of carbonyl (C=O) groups is 5. The molecule has 1 heterocycles. The lowest BCUT2D eigenvalue weighted by molar-refractivity contribution is -0.302. The zero-order chi connectivity index (χ0) is 52.8. The van der Waals surface area contributed by atoms with Gasteiger partial charge in [0.15, 0.2) is 6.29 Å². The molecule has 1 rings (SSSR count). The van der Waals surface area contributed by atoms with Crippen molar-refractivity contribution < 1.29 is 77.9 Å². The number of aliphatic hydroxyl groups excluding tert-OH is 4. The van der Waals surface area contributed by atoms with Crippen LogP contribution in [0.1, 0.15) is 114 Å². The van der Waals surface area contributed by atoms with E-state index in [0.29, 0.717) is 41.9 Å². The topological polar surface area (TPSA) is 272 Å². The lowest BCUT2D eigenvalue weighted by Gasteiger charge is -2.44. The second-order valence-corrected chi connectivity index (χ2v) is 23.2. The number of thiocarbonyl (C=S) groups is 1. The number of nitrogens with zero attached hydrogens (tertiary/aromatic N) is 3. The first-order chi connectivity index (χ1) is 32.2. The van der Waals surface area contributed by atoms with Gasteiger partial charge in [0, 0.05) is 19.5 Å². The van der Waals surface area contributed by atoms with Gasteiger partial charge < -0.3 is 63.8 Å². The molecule has 0 aromatic rings. The smallest absolute Gasteiger partial charge is 0.322 e. The minimum Gasteiger partial charge on any atom is -0.481 e. The zero-order valence-electron chi connectivity index (χ0n) is 42.6. The molecule has 0 saturated carbocycles. The quantitative estimate of drug-likeness (QED) is 0.0267. The molecule has 0 radical (unpaired) electrons. The molecule has 0 amide bonds.